The highest BCUT2D eigenvalue weighted by molar-refractivity contribution is 7.18. The van der Waals surface area contributed by atoms with Gasteiger partial charge in [0.15, 0.2) is 0 Å². The zero-order valence-electron chi connectivity index (χ0n) is 15.6. The van der Waals surface area contributed by atoms with E-state index in [9.17, 15) is 14.7 Å². The topological polar surface area (TPSA) is 74.9 Å². The van der Waals surface area contributed by atoms with E-state index in [0.29, 0.717) is 23.2 Å². The van der Waals surface area contributed by atoms with Gasteiger partial charge in [-0.2, -0.15) is 9.61 Å². The fraction of sp³-hybridized carbons (Fsp3) is 0.227. The lowest BCUT2D eigenvalue weighted by atomic mass is 10.0. The van der Waals surface area contributed by atoms with Crippen LogP contribution in [0.15, 0.2) is 58.8 Å². The molecule has 0 aliphatic carbocycles. The number of rotatable bonds is 3. The Morgan fingerprint density at radius 1 is 1.24 bits per heavy atom. The van der Waals surface area contributed by atoms with Crippen molar-refractivity contribution in [3.05, 3.63) is 70.0 Å². The third-order valence-corrected chi connectivity index (χ3v) is 6.50. The van der Waals surface area contributed by atoms with Crippen LogP contribution >= 0.6 is 11.3 Å². The molecule has 0 bridgehead atoms. The van der Waals surface area contributed by atoms with Crippen molar-refractivity contribution >= 4 is 32.8 Å². The van der Waals surface area contributed by atoms with Crippen molar-refractivity contribution < 1.29 is 9.90 Å². The monoisotopic (exact) mass is 405 g/mol. The molecular weight excluding hydrogens is 386 g/mol. The number of aliphatic hydroxyl groups excluding tert-OH is 1. The summed E-state index contributed by atoms with van der Waals surface area (Å²) >= 11 is 1.49. The molecule has 29 heavy (non-hydrogen) atoms. The number of carbonyl (C=O) groups excluding carboxylic acids is 1. The predicted octanol–water partition coefficient (Wildman–Crippen LogP) is 3.17. The Morgan fingerprint density at radius 2 is 2.07 bits per heavy atom. The summed E-state index contributed by atoms with van der Waals surface area (Å²) in [6.45, 7) is 0.540. The van der Waals surface area contributed by atoms with Crippen LogP contribution in [0.2, 0.25) is 0 Å². The fourth-order valence-corrected chi connectivity index (χ4v) is 5.02. The predicted molar refractivity (Wildman–Crippen MR) is 113 cm³/mol. The smallest absolute Gasteiger partial charge is 0.279 e. The van der Waals surface area contributed by atoms with Crippen LogP contribution < -0.4 is 5.56 Å². The van der Waals surface area contributed by atoms with E-state index in [0.717, 1.165) is 28.5 Å². The first kappa shape index (κ1) is 18.0. The number of aromatic nitrogens is 2. The fourth-order valence-electron chi connectivity index (χ4n) is 4.10. The van der Waals surface area contributed by atoms with Gasteiger partial charge in [0.05, 0.1) is 34.6 Å². The van der Waals surface area contributed by atoms with E-state index in [4.69, 9.17) is 0 Å². The molecule has 0 spiro atoms. The molecule has 1 aliphatic heterocycles. The van der Waals surface area contributed by atoms with Gasteiger partial charge >= 0.3 is 0 Å². The number of aliphatic hydroxyl groups is 1. The lowest BCUT2D eigenvalue weighted by Crippen LogP contribution is -2.38. The van der Waals surface area contributed by atoms with Crippen LogP contribution in [-0.4, -0.2) is 44.7 Å². The van der Waals surface area contributed by atoms with Crippen molar-refractivity contribution in [2.24, 2.45) is 0 Å². The molecule has 5 rings (SSSR count). The molecule has 4 aromatic rings. The van der Waals surface area contributed by atoms with Gasteiger partial charge < -0.3 is 10.0 Å². The van der Waals surface area contributed by atoms with Crippen LogP contribution in [0.25, 0.3) is 26.7 Å². The summed E-state index contributed by atoms with van der Waals surface area (Å²) in [5.74, 6) is -0.168. The molecule has 1 aliphatic rings. The highest BCUT2D eigenvalue weighted by Gasteiger charge is 2.31. The number of carbonyl (C=O) groups is 1. The van der Waals surface area contributed by atoms with E-state index in [2.05, 4.69) is 5.10 Å². The number of benzene rings is 1. The Kier molecular flexibility index (Phi) is 4.41. The second-order valence-corrected chi connectivity index (χ2v) is 8.15. The van der Waals surface area contributed by atoms with Crippen molar-refractivity contribution in [3.8, 4) is 11.1 Å². The van der Waals surface area contributed by atoms with Gasteiger partial charge in [-0.15, -0.1) is 11.3 Å². The van der Waals surface area contributed by atoms with Gasteiger partial charge in [-0.05, 0) is 35.9 Å². The number of likely N-dealkylation sites (tertiary alicyclic amines) is 1. The molecule has 4 heterocycles. The van der Waals surface area contributed by atoms with Crippen LogP contribution in [0, 0.1) is 0 Å². The number of thiophene rings is 1. The Hall–Kier alpha value is -3.03. The maximum Gasteiger partial charge on any atom is 0.279 e. The number of pyridine rings is 1. The molecule has 1 atom stereocenters. The molecular formula is C22H19N3O3S. The van der Waals surface area contributed by atoms with E-state index in [1.165, 1.54) is 15.9 Å². The SMILES string of the molecule is O=C(c1cc(-c2ccccc2)c(=O)n2ncc3ccsc3c12)N1CCC[C@@H]1CO. The van der Waals surface area contributed by atoms with Crippen LogP contribution in [0.1, 0.15) is 23.2 Å². The standard InChI is InChI=1S/C22H19N3O3S/c26-13-16-7-4-9-24(16)21(27)18-11-17(14-5-2-1-3-6-14)22(28)25-19(18)20-15(12-23-25)8-10-29-20/h1-3,5-6,8,10-12,16,26H,4,7,9,13H2/t16-/m1/s1. The molecule has 1 saturated heterocycles. The van der Waals surface area contributed by atoms with Gasteiger partial charge in [0.1, 0.15) is 0 Å². The van der Waals surface area contributed by atoms with Gasteiger partial charge in [0, 0.05) is 17.5 Å². The van der Waals surface area contributed by atoms with E-state index >= 15 is 0 Å². The highest BCUT2D eigenvalue weighted by Crippen LogP contribution is 2.30. The highest BCUT2D eigenvalue weighted by atomic mass is 32.1. The molecule has 1 fully saturated rings. The Balaban J connectivity index is 1.82. The van der Waals surface area contributed by atoms with Crippen molar-refractivity contribution in [2.45, 2.75) is 18.9 Å². The normalized spacial score (nSPS) is 16.7. The molecule has 1 N–H and O–H groups in total. The molecule has 3 aromatic heterocycles. The summed E-state index contributed by atoms with van der Waals surface area (Å²) in [4.78, 5) is 28.5. The molecule has 146 valence electrons. The van der Waals surface area contributed by atoms with Crippen LogP contribution in [0.5, 0.6) is 0 Å². The second-order valence-electron chi connectivity index (χ2n) is 7.23. The van der Waals surface area contributed by atoms with Gasteiger partial charge in [-0.1, -0.05) is 30.3 Å². The molecule has 0 saturated carbocycles. The molecule has 0 radical (unpaired) electrons. The van der Waals surface area contributed by atoms with Gasteiger partial charge in [-0.3, -0.25) is 9.59 Å². The average molecular weight is 405 g/mol. The second kappa shape index (κ2) is 7.09. The molecule has 7 heteroatoms. The summed E-state index contributed by atoms with van der Waals surface area (Å²) in [5, 5.41) is 16.9. The van der Waals surface area contributed by atoms with Crippen LogP contribution in [0.4, 0.5) is 0 Å². The van der Waals surface area contributed by atoms with Crippen molar-refractivity contribution in [1.82, 2.24) is 14.5 Å². The zero-order chi connectivity index (χ0) is 20.0. The van der Waals surface area contributed by atoms with Gasteiger partial charge in [0.2, 0.25) is 0 Å². The van der Waals surface area contributed by atoms with Crippen molar-refractivity contribution in [1.29, 1.82) is 0 Å². The first-order valence-corrected chi connectivity index (χ1v) is 10.5. The first-order valence-electron chi connectivity index (χ1n) is 9.58. The Morgan fingerprint density at radius 3 is 2.86 bits per heavy atom. The molecule has 6 nitrogen and oxygen atoms in total. The number of hydrogen-bond donors (Lipinski definition) is 1. The maximum absolute atomic E-state index is 13.6. The van der Waals surface area contributed by atoms with E-state index in [1.807, 2.05) is 41.8 Å². The maximum atomic E-state index is 13.6. The quantitative estimate of drug-likeness (QED) is 0.568. The minimum absolute atomic E-state index is 0.0609. The molecule has 1 aromatic carbocycles. The van der Waals surface area contributed by atoms with Gasteiger partial charge in [0.25, 0.3) is 11.5 Å². The summed E-state index contributed by atoms with van der Waals surface area (Å²) in [5.41, 5.74) is 1.92. The Labute approximate surface area is 170 Å². The summed E-state index contributed by atoms with van der Waals surface area (Å²) < 4.78 is 2.21. The molecule has 1 amide bonds. The summed E-state index contributed by atoms with van der Waals surface area (Å²) in [7, 11) is 0. The minimum atomic E-state index is -0.252. The van der Waals surface area contributed by atoms with Crippen molar-refractivity contribution in [2.75, 3.05) is 13.2 Å². The summed E-state index contributed by atoms with van der Waals surface area (Å²) in [6, 6.07) is 12.8. The average Bonchev–Trinajstić information content (AvgIpc) is 3.43. The minimum Gasteiger partial charge on any atom is -0.394 e. The van der Waals surface area contributed by atoms with Gasteiger partial charge in [-0.25, -0.2) is 0 Å². The number of amides is 1. The third kappa shape index (κ3) is 2.85. The van der Waals surface area contributed by atoms with Crippen LogP contribution in [-0.2, 0) is 0 Å². The first-order chi connectivity index (χ1) is 14.2. The van der Waals surface area contributed by atoms with E-state index in [-0.39, 0.29) is 24.1 Å². The summed E-state index contributed by atoms with van der Waals surface area (Å²) in [6.07, 6.45) is 3.31. The molecule has 0 unspecified atom stereocenters. The van der Waals surface area contributed by atoms with E-state index < -0.39 is 0 Å². The van der Waals surface area contributed by atoms with Crippen molar-refractivity contribution in [3.63, 3.8) is 0 Å². The lowest BCUT2D eigenvalue weighted by molar-refractivity contribution is 0.0679. The van der Waals surface area contributed by atoms with Crippen LogP contribution in [0.3, 0.4) is 0 Å². The largest absolute Gasteiger partial charge is 0.394 e. The zero-order valence-corrected chi connectivity index (χ0v) is 16.4. The lowest BCUT2D eigenvalue weighted by Gasteiger charge is -2.24. The number of nitrogens with zero attached hydrogens (tertiary/aromatic N) is 3. The Bertz CT molecular complexity index is 1280. The number of fused-ring (bicyclic) bond motifs is 3. The third-order valence-electron chi connectivity index (χ3n) is 5.57. The van der Waals surface area contributed by atoms with E-state index in [1.54, 1.807) is 17.2 Å². The number of hydrogen-bond acceptors (Lipinski definition) is 5.